The molecule has 1 atom stereocenters. The minimum absolute atomic E-state index is 0. The van der Waals surface area contributed by atoms with E-state index in [-0.39, 0.29) is 19.0 Å². The Kier molecular flexibility index (Phi) is 9.39. The van der Waals surface area contributed by atoms with Crippen molar-refractivity contribution in [3.63, 3.8) is 0 Å². The Bertz CT molecular complexity index is 964. The van der Waals surface area contributed by atoms with Gasteiger partial charge in [0, 0.05) is 38.9 Å². The van der Waals surface area contributed by atoms with Crippen molar-refractivity contribution < 1.29 is 17.9 Å². The number of nitrogens with one attached hydrogen (secondary N) is 2. The Balaban J connectivity index is 0.00000341. The topological polar surface area (TPSA) is 101 Å². The summed E-state index contributed by atoms with van der Waals surface area (Å²) in [6, 6.07) is 10.9. The molecule has 0 bridgehead atoms. The Hall–Kier alpha value is -2.04. The van der Waals surface area contributed by atoms with Gasteiger partial charge >= 0.3 is 5.97 Å². The van der Waals surface area contributed by atoms with Gasteiger partial charge in [-0.2, -0.15) is 0 Å². The molecule has 1 unspecified atom stereocenters. The molecule has 31 heavy (non-hydrogen) atoms. The quantitative estimate of drug-likeness (QED) is 0.570. The second-order valence-corrected chi connectivity index (χ2v) is 9.40. The van der Waals surface area contributed by atoms with Crippen molar-refractivity contribution in [2.75, 3.05) is 33.3 Å². The molecule has 0 saturated carbocycles. The number of rotatable bonds is 8. The largest absolute Gasteiger partial charge is 0.465 e. The maximum absolute atomic E-state index is 12.8. The Morgan fingerprint density at radius 1 is 1.26 bits per heavy atom. The number of carbonyl (C=O) groups is 1. The minimum atomic E-state index is -3.60. The van der Waals surface area contributed by atoms with Crippen LogP contribution in [0.1, 0.15) is 39.4 Å². The molecular formula is C21H29ClN4O4S. The molecule has 0 amide bonds. The van der Waals surface area contributed by atoms with Gasteiger partial charge in [-0.25, -0.2) is 17.9 Å². The SMILES string of the molecule is COC(=O)c1ccc(CNS(=O)(=O)C(C)c2cccc(CN3CCNCC3)c2)nc1.Cl. The van der Waals surface area contributed by atoms with E-state index in [4.69, 9.17) is 0 Å². The number of nitrogens with zero attached hydrogens (tertiary/aromatic N) is 2. The average molecular weight is 469 g/mol. The molecule has 0 radical (unpaired) electrons. The maximum Gasteiger partial charge on any atom is 0.339 e. The third-order valence-electron chi connectivity index (χ3n) is 5.20. The standard InChI is InChI=1S/C21H28N4O4S.ClH/c1-16(18-5-3-4-17(12-18)15-25-10-8-22-9-11-25)30(27,28)24-14-20-7-6-19(13-23-20)21(26)29-2;/h3-7,12-13,16,22,24H,8-11,14-15H2,1-2H3;1H. The van der Waals surface area contributed by atoms with Gasteiger partial charge in [-0.15, -0.1) is 12.4 Å². The molecule has 0 aliphatic carbocycles. The summed E-state index contributed by atoms with van der Waals surface area (Å²) in [5.41, 5.74) is 2.70. The van der Waals surface area contributed by atoms with Crippen molar-refractivity contribution in [2.45, 2.75) is 25.3 Å². The highest BCUT2D eigenvalue weighted by molar-refractivity contribution is 7.89. The van der Waals surface area contributed by atoms with E-state index in [0.717, 1.165) is 43.9 Å². The lowest BCUT2D eigenvalue weighted by atomic mass is 10.1. The van der Waals surface area contributed by atoms with Crippen LogP contribution in [0.4, 0.5) is 0 Å². The lowest BCUT2D eigenvalue weighted by Gasteiger charge is -2.27. The van der Waals surface area contributed by atoms with Crippen LogP contribution < -0.4 is 10.0 Å². The average Bonchev–Trinajstić information content (AvgIpc) is 2.78. The van der Waals surface area contributed by atoms with E-state index >= 15 is 0 Å². The molecule has 2 N–H and O–H groups in total. The molecular weight excluding hydrogens is 440 g/mol. The van der Waals surface area contributed by atoms with E-state index in [2.05, 4.69) is 24.7 Å². The lowest BCUT2D eigenvalue weighted by Crippen LogP contribution is -2.42. The monoisotopic (exact) mass is 468 g/mol. The van der Waals surface area contributed by atoms with E-state index in [1.165, 1.54) is 13.3 Å². The summed E-state index contributed by atoms with van der Waals surface area (Å²) >= 11 is 0. The van der Waals surface area contributed by atoms with Gasteiger partial charge in [0.2, 0.25) is 10.0 Å². The second-order valence-electron chi connectivity index (χ2n) is 7.31. The van der Waals surface area contributed by atoms with Gasteiger partial charge in [0.1, 0.15) is 0 Å². The highest BCUT2D eigenvalue weighted by atomic mass is 35.5. The summed E-state index contributed by atoms with van der Waals surface area (Å²) in [5, 5.41) is 2.63. The van der Waals surface area contributed by atoms with E-state index in [1.807, 2.05) is 24.3 Å². The third-order valence-corrected chi connectivity index (χ3v) is 6.95. The molecule has 1 saturated heterocycles. The zero-order valence-electron chi connectivity index (χ0n) is 17.7. The highest BCUT2D eigenvalue weighted by Crippen LogP contribution is 2.23. The summed E-state index contributed by atoms with van der Waals surface area (Å²) in [6.07, 6.45) is 1.37. The minimum Gasteiger partial charge on any atom is -0.465 e. The van der Waals surface area contributed by atoms with Crippen LogP contribution in [0.3, 0.4) is 0 Å². The maximum atomic E-state index is 12.8. The lowest BCUT2D eigenvalue weighted by molar-refractivity contribution is 0.0600. The number of hydrogen-bond acceptors (Lipinski definition) is 7. The molecule has 170 valence electrons. The van der Waals surface area contributed by atoms with E-state index in [9.17, 15) is 13.2 Å². The molecule has 2 aromatic rings. The number of piperazine rings is 1. The third kappa shape index (κ3) is 6.98. The summed E-state index contributed by atoms with van der Waals surface area (Å²) in [5.74, 6) is -0.482. The van der Waals surface area contributed by atoms with Crippen LogP contribution in [-0.2, 0) is 27.8 Å². The Morgan fingerprint density at radius 2 is 2.00 bits per heavy atom. The smallest absolute Gasteiger partial charge is 0.339 e. The fraction of sp³-hybridized carbons (Fsp3) is 0.429. The van der Waals surface area contributed by atoms with Crippen LogP contribution in [0.15, 0.2) is 42.6 Å². The first-order valence-electron chi connectivity index (χ1n) is 9.92. The first-order chi connectivity index (χ1) is 14.4. The van der Waals surface area contributed by atoms with Gasteiger partial charge in [-0.3, -0.25) is 9.88 Å². The van der Waals surface area contributed by atoms with Crippen molar-refractivity contribution in [2.24, 2.45) is 0 Å². The number of halogens is 1. The number of esters is 1. The van der Waals surface area contributed by atoms with Crippen molar-refractivity contribution in [3.8, 4) is 0 Å². The fourth-order valence-electron chi connectivity index (χ4n) is 3.32. The van der Waals surface area contributed by atoms with Gasteiger partial charge in [0.25, 0.3) is 0 Å². The van der Waals surface area contributed by atoms with Crippen molar-refractivity contribution in [1.29, 1.82) is 0 Å². The number of carbonyl (C=O) groups excluding carboxylic acids is 1. The zero-order chi connectivity index (χ0) is 21.6. The molecule has 10 heteroatoms. The van der Waals surface area contributed by atoms with Crippen LogP contribution >= 0.6 is 12.4 Å². The fourth-order valence-corrected chi connectivity index (χ4v) is 4.42. The number of hydrogen-bond donors (Lipinski definition) is 2. The van der Waals surface area contributed by atoms with E-state index in [1.54, 1.807) is 19.1 Å². The number of sulfonamides is 1. The van der Waals surface area contributed by atoms with Crippen LogP contribution in [0.2, 0.25) is 0 Å². The molecule has 0 spiro atoms. The molecule has 1 aromatic heterocycles. The zero-order valence-corrected chi connectivity index (χ0v) is 19.3. The summed E-state index contributed by atoms with van der Waals surface area (Å²) < 4.78 is 32.8. The first-order valence-corrected chi connectivity index (χ1v) is 11.5. The van der Waals surface area contributed by atoms with E-state index in [0.29, 0.717) is 11.3 Å². The van der Waals surface area contributed by atoms with Crippen molar-refractivity contribution in [3.05, 3.63) is 65.0 Å². The number of pyridine rings is 1. The summed E-state index contributed by atoms with van der Waals surface area (Å²) in [7, 11) is -2.30. The first kappa shape index (κ1) is 25.2. The van der Waals surface area contributed by atoms with Crippen LogP contribution in [0.5, 0.6) is 0 Å². The number of benzene rings is 1. The molecule has 1 fully saturated rings. The molecule has 3 rings (SSSR count). The molecule has 1 aliphatic rings. The van der Waals surface area contributed by atoms with E-state index < -0.39 is 21.2 Å². The normalized spacial score (nSPS) is 15.7. The molecule has 2 heterocycles. The second kappa shape index (κ2) is 11.5. The Morgan fingerprint density at radius 3 is 2.65 bits per heavy atom. The van der Waals surface area contributed by atoms with Gasteiger partial charge in [-0.1, -0.05) is 24.3 Å². The van der Waals surface area contributed by atoms with Crippen LogP contribution in [0.25, 0.3) is 0 Å². The van der Waals surface area contributed by atoms with Crippen molar-refractivity contribution in [1.82, 2.24) is 19.9 Å². The molecule has 8 nitrogen and oxygen atoms in total. The van der Waals surface area contributed by atoms with Crippen LogP contribution in [-0.4, -0.2) is 57.6 Å². The predicted octanol–water partition coefficient (Wildman–Crippen LogP) is 1.88. The van der Waals surface area contributed by atoms with Crippen LogP contribution in [0, 0.1) is 0 Å². The van der Waals surface area contributed by atoms with Crippen molar-refractivity contribution >= 4 is 28.4 Å². The highest BCUT2D eigenvalue weighted by Gasteiger charge is 2.23. The predicted molar refractivity (Wildman–Crippen MR) is 122 cm³/mol. The van der Waals surface area contributed by atoms with Gasteiger partial charge in [0.05, 0.1) is 30.2 Å². The van der Waals surface area contributed by atoms with Gasteiger partial charge in [-0.05, 0) is 30.2 Å². The summed E-state index contributed by atoms with van der Waals surface area (Å²) in [6.45, 7) is 6.47. The molecule has 1 aromatic carbocycles. The molecule has 1 aliphatic heterocycles. The summed E-state index contributed by atoms with van der Waals surface area (Å²) in [4.78, 5) is 17.9. The van der Waals surface area contributed by atoms with Gasteiger partial charge in [0.15, 0.2) is 0 Å². The number of methoxy groups -OCH3 is 1. The number of aromatic nitrogens is 1. The number of ether oxygens (including phenoxy) is 1. The Labute approximate surface area is 189 Å². The van der Waals surface area contributed by atoms with Gasteiger partial charge < -0.3 is 10.1 Å².